The number of carbonyl (C=O) groups is 1. The van der Waals surface area contributed by atoms with Gasteiger partial charge in [-0.05, 0) is 75.9 Å². The molecule has 4 rings (SSSR count). The van der Waals surface area contributed by atoms with Crippen LogP contribution in [0, 0.1) is 11.8 Å². The zero-order valence-corrected chi connectivity index (χ0v) is 21.1. The maximum atomic E-state index is 13.9. The molecule has 3 aromatic rings. The molecule has 0 bridgehead atoms. The second-order valence-corrected chi connectivity index (χ2v) is 9.85. The number of hydrogen-bond donors (Lipinski definition) is 0. The molecule has 0 N–H and O–H groups in total. The van der Waals surface area contributed by atoms with Crippen LogP contribution in [0.25, 0.3) is 11.4 Å². The summed E-state index contributed by atoms with van der Waals surface area (Å²) in [5.41, 5.74) is 0.196. The van der Waals surface area contributed by atoms with Crippen molar-refractivity contribution < 1.29 is 27.2 Å². The summed E-state index contributed by atoms with van der Waals surface area (Å²) in [5, 5.41) is 3.89. The van der Waals surface area contributed by atoms with Crippen molar-refractivity contribution in [2.75, 3.05) is 6.54 Å². The molecule has 1 aliphatic heterocycles. The van der Waals surface area contributed by atoms with Gasteiger partial charge in [0.25, 0.3) is 0 Å². The highest BCUT2D eigenvalue weighted by Crippen LogP contribution is 2.36. The minimum absolute atomic E-state index is 0.00574. The van der Waals surface area contributed by atoms with Crippen LogP contribution in [-0.4, -0.2) is 33.3 Å². The molecule has 2 aromatic carbocycles. The van der Waals surface area contributed by atoms with Crippen LogP contribution in [0.3, 0.4) is 0 Å². The van der Waals surface area contributed by atoms with Gasteiger partial charge in [-0.15, -0.1) is 0 Å². The fraction of sp³-hybridized carbons (Fsp3) is 0.393. The molecule has 1 fully saturated rings. The number of ether oxygens (including phenoxy) is 1. The summed E-state index contributed by atoms with van der Waals surface area (Å²) in [5.74, 6) is 5.62. The summed E-state index contributed by atoms with van der Waals surface area (Å²) in [6.45, 7) is 7.80. The Kier molecular flexibility index (Phi) is 7.30. The Bertz CT molecular complexity index is 1330. The summed E-state index contributed by atoms with van der Waals surface area (Å²) in [6.07, 6.45) is -2.96. The second kappa shape index (κ2) is 10.3. The highest BCUT2D eigenvalue weighted by molar-refractivity contribution is 5.69. The number of amides is 1. The second-order valence-electron chi connectivity index (χ2n) is 9.85. The Morgan fingerprint density at radius 1 is 1.14 bits per heavy atom. The molecular weight excluding hydrogens is 483 g/mol. The van der Waals surface area contributed by atoms with E-state index in [1.807, 2.05) is 19.1 Å². The van der Waals surface area contributed by atoms with E-state index in [4.69, 9.17) is 9.26 Å². The number of benzene rings is 2. The van der Waals surface area contributed by atoms with Crippen LogP contribution in [0.5, 0.6) is 0 Å². The molecule has 0 saturated carbocycles. The number of rotatable bonds is 3. The summed E-state index contributed by atoms with van der Waals surface area (Å²) in [7, 11) is 0. The number of aromatic nitrogens is 2. The maximum Gasteiger partial charge on any atom is 0.417 e. The van der Waals surface area contributed by atoms with E-state index in [1.165, 1.54) is 17.0 Å². The van der Waals surface area contributed by atoms with Crippen LogP contribution in [0.15, 0.2) is 47.0 Å². The van der Waals surface area contributed by atoms with E-state index in [0.29, 0.717) is 24.9 Å². The van der Waals surface area contributed by atoms with E-state index in [0.717, 1.165) is 18.1 Å². The summed E-state index contributed by atoms with van der Waals surface area (Å²) in [4.78, 5) is 18.4. The highest BCUT2D eigenvalue weighted by Gasteiger charge is 2.37. The van der Waals surface area contributed by atoms with Crippen molar-refractivity contribution in [2.24, 2.45) is 0 Å². The van der Waals surface area contributed by atoms with Crippen molar-refractivity contribution in [3.63, 3.8) is 0 Å². The lowest BCUT2D eigenvalue weighted by molar-refractivity contribution is -0.137. The zero-order chi connectivity index (χ0) is 26.8. The molecule has 2 heterocycles. The van der Waals surface area contributed by atoms with E-state index in [9.17, 15) is 18.0 Å². The molecular formula is C28H28F3N3O3. The van der Waals surface area contributed by atoms with E-state index >= 15 is 0 Å². The van der Waals surface area contributed by atoms with Crippen molar-refractivity contribution in [1.29, 1.82) is 0 Å². The fourth-order valence-corrected chi connectivity index (χ4v) is 4.04. The molecule has 37 heavy (non-hydrogen) atoms. The lowest BCUT2D eigenvalue weighted by Crippen LogP contribution is -2.36. The lowest BCUT2D eigenvalue weighted by atomic mass is 10.0. The van der Waals surface area contributed by atoms with Gasteiger partial charge in [0.05, 0.1) is 5.56 Å². The van der Waals surface area contributed by atoms with E-state index < -0.39 is 29.5 Å². The zero-order valence-electron chi connectivity index (χ0n) is 21.1. The summed E-state index contributed by atoms with van der Waals surface area (Å²) < 4.78 is 52.5. The van der Waals surface area contributed by atoms with E-state index in [-0.39, 0.29) is 22.8 Å². The topological polar surface area (TPSA) is 68.5 Å². The maximum absolute atomic E-state index is 13.9. The van der Waals surface area contributed by atoms with Crippen LogP contribution in [0.4, 0.5) is 18.0 Å². The third kappa shape index (κ3) is 6.31. The Morgan fingerprint density at radius 3 is 2.51 bits per heavy atom. The first-order chi connectivity index (χ1) is 17.4. The molecule has 0 spiro atoms. The Labute approximate surface area is 213 Å². The largest absolute Gasteiger partial charge is 0.444 e. The van der Waals surface area contributed by atoms with Gasteiger partial charge in [0, 0.05) is 23.2 Å². The molecule has 0 aliphatic carbocycles. The molecule has 1 saturated heterocycles. The Hall–Kier alpha value is -3.80. The lowest BCUT2D eigenvalue weighted by Gasteiger charge is -2.26. The van der Waals surface area contributed by atoms with Crippen LogP contribution >= 0.6 is 0 Å². The first kappa shape index (κ1) is 26.3. The third-order valence-corrected chi connectivity index (χ3v) is 5.89. The van der Waals surface area contributed by atoms with Gasteiger partial charge in [-0.3, -0.25) is 4.90 Å². The van der Waals surface area contributed by atoms with Crippen LogP contribution in [0.2, 0.25) is 0 Å². The van der Waals surface area contributed by atoms with Crippen LogP contribution in [0.1, 0.15) is 74.7 Å². The highest BCUT2D eigenvalue weighted by atomic mass is 19.4. The van der Waals surface area contributed by atoms with Gasteiger partial charge in [-0.2, -0.15) is 18.2 Å². The molecule has 1 aromatic heterocycles. The Morgan fingerprint density at radius 2 is 1.86 bits per heavy atom. The molecule has 0 radical (unpaired) electrons. The molecule has 6 nitrogen and oxygen atoms in total. The van der Waals surface area contributed by atoms with Gasteiger partial charge in [-0.1, -0.05) is 36.1 Å². The van der Waals surface area contributed by atoms with E-state index in [1.54, 1.807) is 32.9 Å². The molecule has 1 atom stereocenters. The molecule has 9 heteroatoms. The molecule has 1 aliphatic rings. The first-order valence-electron chi connectivity index (χ1n) is 12.1. The number of likely N-dealkylation sites (tertiary alicyclic amines) is 1. The summed E-state index contributed by atoms with van der Waals surface area (Å²) >= 11 is 0. The smallest absolute Gasteiger partial charge is 0.417 e. The van der Waals surface area contributed by atoms with Crippen molar-refractivity contribution in [2.45, 2.75) is 64.8 Å². The third-order valence-electron chi connectivity index (χ3n) is 5.89. The Balaban J connectivity index is 1.60. The average molecular weight is 512 g/mol. The normalized spacial score (nSPS) is 15.9. The van der Waals surface area contributed by atoms with Crippen LogP contribution < -0.4 is 0 Å². The monoisotopic (exact) mass is 511 g/mol. The van der Waals surface area contributed by atoms with Gasteiger partial charge in [0.1, 0.15) is 11.6 Å². The number of alkyl halides is 3. The van der Waals surface area contributed by atoms with Crippen molar-refractivity contribution in [3.05, 3.63) is 70.6 Å². The van der Waals surface area contributed by atoms with Gasteiger partial charge in [0.15, 0.2) is 0 Å². The summed E-state index contributed by atoms with van der Waals surface area (Å²) in [6, 6.07) is 10.6. The number of aryl methyl sites for hydroxylation is 1. The standard InChI is InChI=1S/C28H28F3N3O3/c1-5-18-8-10-19(11-9-18)12-13-20-14-15-21(17-22(20)28(29,30)31)24-32-25(37-33-24)23-7-6-16-34(23)26(35)36-27(2,3)4/h8-11,14-15,17,23H,5-7,16H2,1-4H3/t23-/m0/s1. The SMILES string of the molecule is CCc1ccc(C#Cc2ccc(-c3noc([C@@H]4CCCN4C(=O)OC(C)(C)C)n3)cc2C(F)(F)F)cc1. The predicted molar refractivity (Wildman–Crippen MR) is 131 cm³/mol. The van der Waals surface area contributed by atoms with Crippen LogP contribution in [-0.2, 0) is 17.3 Å². The molecule has 1 amide bonds. The number of halogens is 3. The minimum atomic E-state index is -4.63. The van der Waals surface area contributed by atoms with Gasteiger partial charge in [0.2, 0.25) is 11.7 Å². The predicted octanol–water partition coefficient (Wildman–Crippen LogP) is 6.79. The quantitative estimate of drug-likeness (QED) is 0.362. The average Bonchev–Trinajstić information content (AvgIpc) is 3.51. The first-order valence-corrected chi connectivity index (χ1v) is 12.1. The fourth-order valence-electron chi connectivity index (χ4n) is 4.04. The minimum Gasteiger partial charge on any atom is -0.444 e. The number of carbonyl (C=O) groups excluding carboxylic acids is 1. The van der Waals surface area contributed by atoms with E-state index in [2.05, 4.69) is 22.0 Å². The van der Waals surface area contributed by atoms with Gasteiger partial charge < -0.3 is 9.26 Å². The number of nitrogens with zero attached hydrogens (tertiary/aromatic N) is 3. The van der Waals surface area contributed by atoms with Gasteiger partial charge >= 0.3 is 12.3 Å². The van der Waals surface area contributed by atoms with Crippen molar-refractivity contribution >= 4 is 6.09 Å². The van der Waals surface area contributed by atoms with Gasteiger partial charge in [-0.25, -0.2) is 4.79 Å². The molecule has 0 unspecified atom stereocenters. The molecule has 194 valence electrons. The number of hydrogen-bond acceptors (Lipinski definition) is 5. The van der Waals surface area contributed by atoms with Crippen molar-refractivity contribution in [1.82, 2.24) is 15.0 Å². The van der Waals surface area contributed by atoms with Crippen molar-refractivity contribution in [3.8, 4) is 23.2 Å².